The van der Waals surface area contributed by atoms with Gasteiger partial charge in [0.1, 0.15) is 5.75 Å². The van der Waals surface area contributed by atoms with Crippen molar-refractivity contribution in [3.8, 4) is 5.75 Å². The number of ether oxygens (including phenoxy) is 1. The number of benzene rings is 1. The van der Waals surface area contributed by atoms with Crippen LogP contribution in [0.3, 0.4) is 0 Å². The molecule has 132 valence electrons. The Balaban J connectivity index is 1.68. The van der Waals surface area contributed by atoms with Gasteiger partial charge in [-0.25, -0.2) is 0 Å². The van der Waals surface area contributed by atoms with Crippen LogP contribution in [0.4, 0.5) is 0 Å². The van der Waals surface area contributed by atoms with Crippen LogP contribution in [0.2, 0.25) is 0 Å². The Hall–Kier alpha value is -1.55. The van der Waals surface area contributed by atoms with Crippen molar-refractivity contribution >= 4 is 5.91 Å². The summed E-state index contributed by atoms with van der Waals surface area (Å²) < 4.78 is 6.05. The number of amides is 1. The molecular weight excluding hydrogens is 302 g/mol. The molecule has 1 saturated carbocycles. The highest BCUT2D eigenvalue weighted by molar-refractivity contribution is 5.81. The molecule has 0 spiro atoms. The number of likely N-dealkylation sites (N-methyl/N-ethyl adjacent to an activating group) is 1. The number of carbonyl (C=O) groups excluding carboxylic acids is 1. The van der Waals surface area contributed by atoms with E-state index < -0.39 is 12.2 Å². The van der Waals surface area contributed by atoms with Crippen LogP contribution in [0.15, 0.2) is 18.2 Å². The minimum Gasteiger partial charge on any atom is -0.481 e. The number of hydrogen-bond acceptors (Lipinski definition) is 3. The molecule has 3 rings (SSSR count). The SMILES string of the molecule is CC(Oc1cccc2c1CCCC2)C(=O)N(C)[C@@H]1CCCC[C@H]1O. The molecule has 1 aromatic carbocycles. The molecule has 0 bridgehead atoms. The Morgan fingerprint density at radius 2 is 1.96 bits per heavy atom. The first-order valence-electron chi connectivity index (χ1n) is 9.30. The second kappa shape index (κ2) is 7.56. The minimum absolute atomic E-state index is 0.0469. The lowest BCUT2D eigenvalue weighted by molar-refractivity contribution is -0.142. The number of fused-ring (bicyclic) bond motifs is 1. The molecule has 0 radical (unpaired) electrons. The standard InChI is InChI=1S/C20H29NO3/c1-14(20(23)21(2)17-11-5-6-12-18(17)22)24-19-13-7-9-15-8-3-4-10-16(15)19/h7,9,13-14,17-18,22H,3-6,8,10-12H2,1-2H3/t14?,17-,18-/m1/s1. The van der Waals surface area contributed by atoms with Crippen molar-refractivity contribution in [3.05, 3.63) is 29.3 Å². The second-order valence-electron chi connectivity index (χ2n) is 7.23. The summed E-state index contributed by atoms with van der Waals surface area (Å²) in [6.07, 6.45) is 7.37. The Bertz CT molecular complexity index is 586. The summed E-state index contributed by atoms with van der Waals surface area (Å²) in [5, 5.41) is 10.2. The van der Waals surface area contributed by atoms with E-state index in [9.17, 15) is 9.90 Å². The smallest absolute Gasteiger partial charge is 0.263 e. The van der Waals surface area contributed by atoms with Crippen molar-refractivity contribution in [2.75, 3.05) is 7.05 Å². The lowest BCUT2D eigenvalue weighted by atomic mass is 9.91. The van der Waals surface area contributed by atoms with Crippen LogP contribution in [0.5, 0.6) is 5.75 Å². The molecule has 4 nitrogen and oxygen atoms in total. The summed E-state index contributed by atoms with van der Waals surface area (Å²) >= 11 is 0. The average molecular weight is 331 g/mol. The lowest BCUT2D eigenvalue weighted by Gasteiger charge is -2.36. The van der Waals surface area contributed by atoms with Crippen LogP contribution in [0.1, 0.15) is 56.6 Å². The van der Waals surface area contributed by atoms with E-state index in [0.717, 1.165) is 44.3 Å². The van der Waals surface area contributed by atoms with Gasteiger partial charge < -0.3 is 14.7 Å². The maximum atomic E-state index is 12.8. The molecule has 2 aliphatic rings. The highest BCUT2D eigenvalue weighted by Crippen LogP contribution is 2.30. The Morgan fingerprint density at radius 1 is 1.21 bits per heavy atom. The van der Waals surface area contributed by atoms with Gasteiger partial charge in [-0.1, -0.05) is 25.0 Å². The summed E-state index contributed by atoms with van der Waals surface area (Å²) in [6.45, 7) is 1.82. The van der Waals surface area contributed by atoms with Crippen LogP contribution in [0.25, 0.3) is 0 Å². The zero-order valence-electron chi connectivity index (χ0n) is 14.8. The number of aliphatic hydroxyl groups excluding tert-OH is 1. The van der Waals surface area contributed by atoms with E-state index in [-0.39, 0.29) is 11.9 Å². The van der Waals surface area contributed by atoms with Gasteiger partial charge in [0.15, 0.2) is 6.10 Å². The van der Waals surface area contributed by atoms with Crippen molar-refractivity contribution in [1.29, 1.82) is 0 Å². The first-order chi connectivity index (χ1) is 11.6. The zero-order chi connectivity index (χ0) is 17.1. The maximum Gasteiger partial charge on any atom is 0.263 e. The molecule has 1 amide bonds. The third kappa shape index (κ3) is 3.59. The van der Waals surface area contributed by atoms with E-state index in [0.29, 0.717) is 0 Å². The Kier molecular flexibility index (Phi) is 5.44. The van der Waals surface area contributed by atoms with E-state index >= 15 is 0 Å². The number of hydrogen-bond donors (Lipinski definition) is 1. The molecule has 2 aliphatic carbocycles. The predicted molar refractivity (Wildman–Crippen MR) is 94.2 cm³/mol. The number of nitrogens with zero attached hydrogens (tertiary/aromatic N) is 1. The summed E-state index contributed by atoms with van der Waals surface area (Å²) in [5.74, 6) is 0.806. The van der Waals surface area contributed by atoms with Gasteiger partial charge in [-0.05, 0) is 62.6 Å². The normalized spacial score (nSPS) is 24.8. The average Bonchev–Trinajstić information content (AvgIpc) is 2.61. The lowest BCUT2D eigenvalue weighted by Crippen LogP contribution is -2.50. The fourth-order valence-corrected chi connectivity index (χ4v) is 4.09. The topological polar surface area (TPSA) is 49.8 Å². The second-order valence-corrected chi connectivity index (χ2v) is 7.23. The highest BCUT2D eigenvalue weighted by Gasteiger charge is 2.32. The quantitative estimate of drug-likeness (QED) is 0.922. The van der Waals surface area contributed by atoms with Crippen LogP contribution in [0, 0.1) is 0 Å². The van der Waals surface area contributed by atoms with E-state index in [4.69, 9.17) is 4.74 Å². The zero-order valence-corrected chi connectivity index (χ0v) is 14.8. The molecule has 1 unspecified atom stereocenters. The van der Waals surface area contributed by atoms with Crippen LogP contribution < -0.4 is 4.74 Å². The van der Waals surface area contributed by atoms with Crippen molar-refractivity contribution < 1.29 is 14.6 Å². The third-order valence-corrected chi connectivity index (χ3v) is 5.54. The van der Waals surface area contributed by atoms with E-state index in [1.165, 1.54) is 24.0 Å². The van der Waals surface area contributed by atoms with Crippen molar-refractivity contribution in [2.45, 2.75) is 76.5 Å². The van der Waals surface area contributed by atoms with Gasteiger partial charge >= 0.3 is 0 Å². The largest absolute Gasteiger partial charge is 0.481 e. The van der Waals surface area contributed by atoms with Crippen molar-refractivity contribution in [1.82, 2.24) is 4.90 Å². The van der Waals surface area contributed by atoms with Gasteiger partial charge in [0.25, 0.3) is 5.91 Å². The fraction of sp³-hybridized carbons (Fsp3) is 0.650. The molecule has 24 heavy (non-hydrogen) atoms. The number of rotatable bonds is 4. The van der Waals surface area contributed by atoms with Gasteiger partial charge in [0.2, 0.25) is 0 Å². The van der Waals surface area contributed by atoms with Gasteiger partial charge in [-0.3, -0.25) is 4.79 Å². The summed E-state index contributed by atoms with van der Waals surface area (Å²) in [5.41, 5.74) is 2.62. The molecule has 0 saturated heterocycles. The molecule has 1 aromatic rings. The van der Waals surface area contributed by atoms with E-state index in [2.05, 4.69) is 6.07 Å². The van der Waals surface area contributed by atoms with Crippen molar-refractivity contribution in [3.63, 3.8) is 0 Å². The number of aryl methyl sites for hydroxylation is 1. The number of aliphatic hydroxyl groups is 1. The Morgan fingerprint density at radius 3 is 2.75 bits per heavy atom. The van der Waals surface area contributed by atoms with Crippen LogP contribution in [-0.4, -0.2) is 41.2 Å². The van der Waals surface area contributed by atoms with Gasteiger partial charge in [0.05, 0.1) is 12.1 Å². The molecule has 0 aromatic heterocycles. The van der Waals surface area contributed by atoms with E-state index in [1.807, 2.05) is 19.1 Å². The number of carbonyl (C=O) groups is 1. The van der Waals surface area contributed by atoms with Gasteiger partial charge in [-0.15, -0.1) is 0 Å². The molecule has 0 heterocycles. The minimum atomic E-state index is -0.530. The molecule has 4 heteroatoms. The van der Waals surface area contributed by atoms with E-state index in [1.54, 1.807) is 11.9 Å². The predicted octanol–water partition coefficient (Wildman–Crippen LogP) is 3.09. The maximum absolute atomic E-state index is 12.8. The molecular formula is C20H29NO3. The highest BCUT2D eigenvalue weighted by atomic mass is 16.5. The summed E-state index contributed by atoms with van der Waals surface area (Å²) in [7, 11) is 1.79. The van der Waals surface area contributed by atoms with Crippen LogP contribution in [-0.2, 0) is 17.6 Å². The first-order valence-corrected chi connectivity index (χ1v) is 9.30. The first kappa shape index (κ1) is 17.3. The third-order valence-electron chi connectivity index (χ3n) is 5.54. The fourth-order valence-electron chi connectivity index (χ4n) is 4.09. The molecule has 1 fully saturated rings. The Labute approximate surface area is 144 Å². The summed E-state index contributed by atoms with van der Waals surface area (Å²) in [6, 6.07) is 6.08. The monoisotopic (exact) mass is 331 g/mol. The summed E-state index contributed by atoms with van der Waals surface area (Å²) in [4.78, 5) is 14.4. The van der Waals surface area contributed by atoms with Crippen LogP contribution >= 0.6 is 0 Å². The van der Waals surface area contributed by atoms with Gasteiger partial charge in [-0.2, -0.15) is 0 Å². The van der Waals surface area contributed by atoms with Crippen molar-refractivity contribution in [2.24, 2.45) is 0 Å². The molecule has 0 aliphatic heterocycles. The molecule has 1 N–H and O–H groups in total. The van der Waals surface area contributed by atoms with Gasteiger partial charge in [0, 0.05) is 7.05 Å². The molecule has 3 atom stereocenters.